The Morgan fingerprint density at radius 3 is 2.81 bits per heavy atom. The van der Waals surface area contributed by atoms with Crippen LogP contribution in [0.4, 0.5) is 4.39 Å². The van der Waals surface area contributed by atoms with Crippen molar-refractivity contribution in [1.29, 1.82) is 0 Å². The molecule has 2 aliphatic heterocycles. The molecular weight excluding hydrogens is 399 g/mol. The molecule has 144 valence electrons. The fourth-order valence-electron chi connectivity index (χ4n) is 3.58. The molecule has 2 heterocycles. The molecule has 2 aliphatic rings. The number of nitrogens with one attached hydrogen (secondary N) is 2. The van der Waals surface area contributed by atoms with Crippen LogP contribution in [0.3, 0.4) is 0 Å². The maximum Gasteiger partial charge on any atom is 0.191 e. The lowest BCUT2D eigenvalue weighted by atomic mass is 10.0. The summed E-state index contributed by atoms with van der Waals surface area (Å²) in [5, 5.41) is 6.78. The number of ether oxygens (including phenoxy) is 1. The second kappa shape index (κ2) is 9.67. The van der Waals surface area contributed by atoms with Gasteiger partial charge in [0.05, 0.1) is 11.1 Å². The Kier molecular flexibility index (Phi) is 7.28. The Labute approximate surface area is 163 Å². The molecular formula is C19H28BrFN4O. The molecule has 0 bridgehead atoms. The molecule has 26 heavy (non-hydrogen) atoms. The van der Waals surface area contributed by atoms with Crippen molar-refractivity contribution in [3.05, 3.63) is 34.1 Å². The number of likely N-dealkylation sites (tertiary alicyclic amines) is 1. The molecule has 0 aromatic heterocycles. The van der Waals surface area contributed by atoms with E-state index in [1.807, 2.05) is 6.07 Å². The predicted molar refractivity (Wildman–Crippen MR) is 106 cm³/mol. The zero-order valence-electron chi connectivity index (χ0n) is 15.3. The Hall–Kier alpha value is -1.18. The molecule has 1 aromatic carbocycles. The van der Waals surface area contributed by atoms with E-state index in [1.54, 1.807) is 13.1 Å². The van der Waals surface area contributed by atoms with Crippen LogP contribution in [0.15, 0.2) is 27.7 Å². The number of guanidine groups is 1. The summed E-state index contributed by atoms with van der Waals surface area (Å²) in [5.74, 6) is 1.24. The molecule has 0 aliphatic carbocycles. The minimum Gasteiger partial charge on any atom is -0.381 e. The first kappa shape index (κ1) is 19.6. The number of nitrogens with zero attached hydrogens (tertiary/aromatic N) is 2. The van der Waals surface area contributed by atoms with Gasteiger partial charge in [0.25, 0.3) is 0 Å². The number of aliphatic imine (C=N–C) groups is 1. The van der Waals surface area contributed by atoms with Crippen molar-refractivity contribution in [3.63, 3.8) is 0 Å². The van der Waals surface area contributed by atoms with Crippen LogP contribution in [-0.2, 0) is 11.3 Å². The molecule has 1 atom stereocenters. The predicted octanol–water partition coefficient (Wildman–Crippen LogP) is 2.75. The summed E-state index contributed by atoms with van der Waals surface area (Å²) in [6.07, 6.45) is 3.42. The van der Waals surface area contributed by atoms with Crippen LogP contribution in [0.25, 0.3) is 0 Å². The maximum atomic E-state index is 13.6. The average molecular weight is 427 g/mol. The summed E-state index contributed by atoms with van der Waals surface area (Å²) in [7, 11) is 1.77. The highest BCUT2D eigenvalue weighted by Gasteiger charge is 2.24. The van der Waals surface area contributed by atoms with E-state index in [0.717, 1.165) is 57.2 Å². The molecule has 1 aromatic rings. The zero-order valence-corrected chi connectivity index (χ0v) is 16.9. The standard InChI is InChI=1S/C19H28BrFN4O/c1-22-19(23-11-14-2-3-17(20)18(21)10-14)24-16-4-7-25(8-5-16)12-15-6-9-26-13-15/h2-3,10,15-16H,4-9,11-13H2,1H3,(H2,22,23,24). The molecule has 0 spiro atoms. The van der Waals surface area contributed by atoms with Gasteiger partial charge in [0.15, 0.2) is 5.96 Å². The molecule has 2 saturated heterocycles. The topological polar surface area (TPSA) is 48.9 Å². The molecule has 7 heteroatoms. The molecule has 1 unspecified atom stereocenters. The zero-order chi connectivity index (χ0) is 18.4. The fraction of sp³-hybridized carbons (Fsp3) is 0.632. The molecule has 5 nitrogen and oxygen atoms in total. The van der Waals surface area contributed by atoms with E-state index in [2.05, 4.69) is 36.5 Å². The van der Waals surface area contributed by atoms with E-state index in [-0.39, 0.29) is 5.82 Å². The van der Waals surface area contributed by atoms with Crippen LogP contribution in [-0.4, -0.2) is 56.8 Å². The minimum atomic E-state index is -0.243. The first-order valence-electron chi connectivity index (χ1n) is 9.35. The third-order valence-corrected chi connectivity index (χ3v) is 5.78. The third-order valence-electron chi connectivity index (χ3n) is 5.14. The number of piperidine rings is 1. The first-order valence-corrected chi connectivity index (χ1v) is 10.1. The lowest BCUT2D eigenvalue weighted by Gasteiger charge is -2.34. The highest BCUT2D eigenvalue weighted by molar-refractivity contribution is 9.10. The molecule has 2 N–H and O–H groups in total. The van der Waals surface area contributed by atoms with Gasteiger partial charge in [-0.2, -0.15) is 0 Å². The van der Waals surface area contributed by atoms with Gasteiger partial charge in [-0.25, -0.2) is 4.39 Å². The quantitative estimate of drug-likeness (QED) is 0.561. The summed E-state index contributed by atoms with van der Waals surface area (Å²) in [5.41, 5.74) is 0.891. The summed E-state index contributed by atoms with van der Waals surface area (Å²) in [6, 6.07) is 5.60. The van der Waals surface area contributed by atoms with Gasteiger partial charge in [-0.1, -0.05) is 6.07 Å². The van der Waals surface area contributed by atoms with E-state index < -0.39 is 0 Å². The summed E-state index contributed by atoms with van der Waals surface area (Å²) in [4.78, 5) is 6.85. The first-order chi connectivity index (χ1) is 12.6. The Morgan fingerprint density at radius 1 is 1.35 bits per heavy atom. The van der Waals surface area contributed by atoms with Crippen LogP contribution in [0.2, 0.25) is 0 Å². The van der Waals surface area contributed by atoms with E-state index >= 15 is 0 Å². The van der Waals surface area contributed by atoms with E-state index in [1.165, 1.54) is 12.5 Å². The van der Waals surface area contributed by atoms with Gasteiger partial charge >= 0.3 is 0 Å². The summed E-state index contributed by atoms with van der Waals surface area (Å²) in [6.45, 7) is 5.78. The molecule has 0 radical (unpaired) electrons. The molecule has 0 saturated carbocycles. The number of halogens is 2. The van der Waals surface area contributed by atoms with Crippen molar-refractivity contribution in [1.82, 2.24) is 15.5 Å². The average Bonchev–Trinajstić information content (AvgIpc) is 3.16. The summed E-state index contributed by atoms with van der Waals surface area (Å²) >= 11 is 3.18. The monoisotopic (exact) mass is 426 g/mol. The van der Waals surface area contributed by atoms with Crippen molar-refractivity contribution >= 4 is 21.9 Å². The lowest BCUT2D eigenvalue weighted by Crippen LogP contribution is -2.49. The minimum absolute atomic E-state index is 0.243. The highest BCUT2D eigenvalue weighted by atomic mass is 79.9. The van der Waals surface area contributed by atoms with Crippen molar-refractivity contribution in [2.75, 3.05) is 39.9 Å². The number of rotatable bonds is 5. The van der Waals surface area contributed by atoms with Gasteiger partial charge in [0.1, 0.15) is 5.82 Å². The molecule has 2 fully saturated rings. The van der Waals surface area contributed by atoms with Crippen LogP contribution in [0, 0.1) is 11.7 Å². The van der Waals surface area contributed by atoms with Crippen LogP contribution in [0.5, 0.6) is 0 Å². The van der Waals surface area contributed by atoms with Gasteiger partial charge in [-0.3, -0.25) is 4.99 Å². The van der Waals surface area contributed by atoms with E-state index in [0.29, 0.717) is 23.0 Å². The summed E-state index contributed by atoms with van der Waals surface area (Å²) < 4.78 is 19.6. The number of hydrogen-bond donors (Lipinski definition) is 2. The normalized spacial score (nSPS) is 22.6. The maximum absolute atomic E-state index is 13.6. The van der Waals surface area contributed by atoms with Gasteiger partial charge in [0, 0.05) is 45.9 Å². The lowest BCUT2D eigenvalue weighted by molar-refractivity contribution is 0.150. The largest absolute Gasteiger partial charge is 0.381 e. The molecule has 3 rings (SSSR count). The fourth-order valence-corrected chi connectivity index (χ4v) is 3.82. The van der Waals surface area contributed by atoms with Gasteiger partial charge in [-0.05, 0) is 58.8 Å². The van der Waals surface area contributed by atoms with Gasteiger partial charge in [0.2, 0.25) is 0 Å². The number of benzene rings is 1. The van der Waals surface area contributed by atoms with E-state index in [4.69, 9.17) is 4.74 Å². The third kappa shape index (κ3) is 5.66. The van der Waals surface area contributed by atoms with Crippen LogP contribution >= 0.6 is 15.9 Å². The van der Waals surface area contributed by atoms with Gasteiger partial charge in [-0.15, -0.1) is 0 Å². The SMILES string of the molecule is CN=C(NCc1ccc(Br)c(F)c1)NC1CCN(CC2CCOC2)CC1. The van der Waals surface area contributed by atoms with Crippen molar-refractivity contribution in [2.24, 2.45) is 10.9 Å². The van der Waals surface area contributed by atoms with Crippen molar-refractivity contribution < 1.29 is 9.13 Å². The second-order valence-corrected chi connectivity index (χ2v) is 7.98. The van der Waals surface area contributed by atoms with Crippen LogP contribution in [0.1, 0.15) is 24.8 Å². The molecule has 0 amide bonds. The van der Waals surface area contributed by atoms with Crippen LogP contribution < -0.4 is 10.6 Å². The Balaban J connectivity index is 1.40. The smallest absolute Gasteiger partial charge is 0.191 e. The van der Waals surface area contributed by atoms with Crippen molar-refractivity contribution in [2.45, 2.75) is 31.8 Å². The second-order valence-electron chi connectivity index (χ2n) is 7.12. The van der Waals surface area contributed by atoms with Gasteiger partial charge < -0.3 is 20.3 Å². The highest BCUT2D eigenvalue weighted by Crippen LogP contribution is 2.18. The number of hydrogen-bond acceptors (Lipinski definition) is 3. The Bertz CT molecular complexity index is 614. The van der Waals surface area contributed by atoms with Crippen molar-refractivity contribution in [3.8, 4) is 0 Å². The Morgan fingerprint density at radius 2 is 2.15 bits per heavy atom. The van der Waals surface area contributed by atoms with E-state index in [9.17, 15) is 4.39 Å².